The number of hydrogen-bond donors (Lipinski definition) is 4. The summed E-state index contributed by atoms with van der Waals surface area (Å²) in [5.41, 5.74) is 6.25. The van der Waals surface area contributed by atoms with E-state index in [0.717, 1.165) is 5.56 Å². The number of hydrogen-bond acceptors (Lipinski definition) is 3. The summed E-state index contributed by atoms with van der Waals surface area (Å²) in [5, 5.41) is 2.72. The minimum absolute atomic E-state index is 0.0318. The number of nitrogens with two attached hydrogens (primary N) is 1. The molecule has 0 aromatic heterocycles. The topological polar surface area (TPSA) is 113 Å². The van der Waals surface area contributed by atoms with Gasteiger partial charge >= 0.3 is 95.1 Å². The third kappa shape index (κ3) is 3.41. The van der Waals surface area contributed by atoms with Crippen LogP contribution in [0.4, 0.5) is 5.69 Å². The molecule has 0 spiro atoms. The Labute approximate surface area is 95.5 Å². The van der Waals surface area contributed by atoms with Crippen molar-refractivity contribution in [3.63, 3.8) is 0 Å². The second kappa shape index (κ2) is 4.74. The summed E-state index contributed by atoms with van der Waals surface area (Å²) >= 11 is -4.88. The Bertz CT molecular complexity index is 455. The Hall–Kier alpha value is -1.23. The number of nitrogens with one attached hydrogen (secondary N) is 1. The average molecular weight is 288 g/mol. The van der Waals surface area contributed by atoms with Crippen LogP contribution in [0.2, 0.25) is 0 Å². The summed E-state index contributed by atoms with van der Waals surface area (Å²) in [6.45, 7) is 1.69. The van der Waals surface area contributed by atoms with Gasteiger partial charge in [-0.15, -0.1) is 0 Å². The molecular formula is C9H13AsN2O4. The fourth-order valence-corrected chi connectivity index (χ4v) is 2.35. The molecule has 0 atom stereocenters. The normalized spacial score (nSPS) is 11.2. The number of benzene rings is 1. The standard InChI is InChI=1S/C9H13AsN2O4/c1-6-2-3-7(10(14,15)16)4-8(6)12-5-9(11)13/h2-4,12H,5H2,1H3,(H2,11,13)(H2,14,15,16). The predicted molar refractivity (Wildman–Crippen MR) is 59.4 cm³/mol. The molecule has 0 saturated heterocycles. The maximum absolute atomic E-state index is 11.1. The van der Waals surface area contributed by atoms with Crippen molar-refractivity contribution in [2.75, 3.05) is 11.9 Å². The van der Waals surface area contributed by atoms with E-state index >= 15 is 0 Å². The van der Waals surface area contributed by atoms with Crippen LogP contribution in [-0.4, -0.2) is 34.8 Å². The van der Waals surface area contributed by atoms with Gasteiger partial charge in [0.05, 0.1) is 0 Å². The molecule has 7 heteroatoms. The summed E-state index contributed by atoms with van der Waals surface area (Å²) in [5.74, 6) is -0.536. The van der Waals surface area contributed by atoms with Crippen molar-refractivity contribution in [2.24, 2.45) is 5.73 Å². The van der Waals surface area contributed by atoms with Gasteiger partial charge in [0, 0.05) is 0 Å². The van der Waals surface area contributed by atoms with Crippen molar-refractivity contribution >= 4 is 30.1 Å². The molecule has 0 aliphatic rings. The van der Waals surface area contributed by atoms with Crippen molar-refractivity contribution in [3.8, 4) is 0 Å². The Morgan fingerprint density at radius 1 is 1.50 bits per heavy atom. The van der Waals surface area contributed by atoms with Crippen LogP contribution in [0, 0.1) is 6.92 Å². The van der Waals surface area contributed by atoms with Crippen molar-refractivity contribution in [2.45, 2.75) is 6.92 Å². The van der Waals surface area contributed by atoms with E-state index < -0.39 is 20.1 Å². The molecule has 0 aliphatic heterocycles. The molecule has 0 unspecified atom stereocenters. The summed E-state index contributed by atoms with van der Waals surface area (Å²) in [7, 11) is 0. The van der Waals surface area contributed by atoms with Crippen molar-refractivity contribution in [1.82, 2.24) is 0 Å². The second-order valence-electron chi connectivity index (χ2n) is 3.36. The molecule has 0 bridgehead atoms. The zero-order chi connectivity index (χ0) is 12.3. The van der Waals surface area contributed by atoms with E-state index in [0.29, 0.717) is 5.69 Å². The SMILES string of the molecule is Cc1ccc([As](=O)(O)O)cc1NCC(N)=O. The Balaban J connectivity index is 3.00. The summed E-state index contributed by atoms with van der Waals surface area (Å²) < 4.78 is 29.1. The summed E-state index contributed by atoms with van der Waals surface area (Å²) in [6.07, 6.45) is 0. The van der Waals surface area contributed by atoms with Gasteiger partial charge in [-0.05, 0) is 0 Å². The van der Waals surface area contributed by atoms with Gasteiger partial charge in [0.15, 0.2) is 0 Å². The number of primary amides is 1. The van der Waals surface area contributed by atoms with Gasteiger partial charge in [0.1, 0.15) is 0 Å². The van der Waals surface area contributed by atoms with E-state index in [1.54, 1.807) is 13.0 Å². The monoisotopic (exact) mass is 288 g/mol. The van der Waals surface area contributed by atoms with Gasteiger partial charge in [0.2, 0.25) is 0 Å². The fourth-order valence-electron chi connectivity index (χ4n) is 1.16. The molecule has 0 saturated carbocycles. The molecule has 88 valence electrons. The maximum atomic E-state index is 11.1. The number of rotatable bonds is 4. The molecule has 0 fully saturated rings. The fraction of sp³-hybridized carbons (Fsp3) is 0.222. The van der Waals surface area contributed by atoms with Gasteiger partial charge in [-0.3, -0.25) is 0 Å². The molecule has 1 aromatic rings. The number of aryl methyl sites for hydroxylation is 1. The van der Waals surface area contributed by atoms with Gasteiger partial charge in [-0.25, -0.2) is 0 Å². The van der Waals surface area contributed by atoms with Gasteiger partial charge in [-0.2, -0.15) is 0 Å². The first-order valence-electron chi connectivity index (χ1n) is 4.49. The zero-order valence-corrected chi connectivity index (χ0v) is 10.6. The number of amides is 1. The molecule has 0 heterocycles. The van der Waals surface area contributed by atoms with Gasteiger partial charge < -0.3 is 0 Å². The molecule has 1 rings (SSSR count). The number of anilines is 1. The van der Waals surface area contributed by atoms with E-state index in [2.05, 4.69) is 5.32 Å². The predicted octanol–water partition coefficient (Wildman–Crippen LogP) is -1.55. The molecule has 0 radical (unpaired) electrons. The van der Waals surface area contributed by atoms with Crippen molar-refractivity contribution in [1.29, 1.82) is 0 Å². The summed E-state index contributed by atoms with van der Waals surface area (Å²) in [6, 6.07) is 4.31. The van der Waals surface area contributed by atoms with Crippen LogP contribution in [0.5, 0.6) is 0 Å². The van der Waals surface area contributed by atoms with Gasteiger partial charge in [0.25, 0.3) is 0 Å². The third-order valence-corrected chi connectivity index (χ3v) is 4.01. The first-order chi connectivity index (χ1) is 7.30. The van der Waals surface area contributed by atoms with E-state index in [-0.39, 0.29) is 10.9 Å². The minimum atomic E-state index is -4.88. The van der Waals surface area contributed by atoms with Crippen molar-refractivity contribution in [3.05, 3.63) is 23.8 Å². The molecule has 1 amide bonds. The number of carbonyl (C=O) groups excluding carboxylic acids is 1. The molecule has 5 N–H and O–H groups in total. The van der Waals surface area contributed by atoms with E-state index in [1.807, 2.05) is 0 Å². The van der Waals surface area contributed by atoms with E-state index in [9.17, 15) is 8.53 Å². The molecule has 0 aliphatic carbocycles. The Kier molecular flexibility index (Phi) is 3.80. The average Bonchev–Trinajstić information content (AvgIpc) is 2.14. The molecule has 1 aromatic carbocycles. The molecular weight excluding hydrogens is 275 g/mol. The van der Waals surface area contributed by atoms with Crippen molar-refractivity contribution < 1.29 is 16.7 Å². The van der Waals surface area contributed by atoms with Crippen LogP contribution < -0.4 is 15.4 Å². The van der Waals surface area contributed by atoms with Crippen LogP contribution >= 0.6 is 0 Å². The van der Waals surface area contributed by atoms with Crippen LogP contribution in [0.3, 0.4) is 0 Å². The molecule has 16 heavy (non-hydrogen) atoms. The molecule has 6 nitrogen and oxygen atoms in total. The van der Waals surface area contributed by atoms with Crippen LogP contribution in [0.25, 0.3) is 0 Å². The van der Waals surface area contributed by atoms with Crippen LogP contribution in [-0.2, 0) is 8.53 Å². The third-order valence-electron chi connectivity index (χ3n) is 2.01. The zero-order valence-electron chi connectivity index (χ0n) is 8.67. The second-order valence-corrected chi connectivity index (χ2v) is 6.73. The summed E-state index contributed by atoms with van der Waals surface area (Å²) in [4.78, 5) is 10.6. The first kappa shape index (κ1) is 12.8. The Morgan fingerprint density at radius 3 is 2.62 bits per heavy atom. The Morgan fingerprint density at radius 2 is 2.12 bits per heavy atom. The quantitative estimate of drug-likeness (QED) is 0.501. The van der Waals surface area contributed by atoms with E-state index in [1.165, 1.54) is 12.1 Å². The van der Waals surface area contributed by atoms with Crippen LogP contribution in [0.15, 0.2) is 18.2 Å². The van der Waals surface area contributed by atoms with Crippen LogP contribution in [0.1, 0.15) is 5.56 Å². The van der Waals surface area contributed by atoms with Gasteiger partial charge in [-0.1, -0.05) is 0 Å². The van der Waals surface area contributed by atoms with E-state index in [4.69, 9.17) is 13.9 Å². The number of carbonyl (C=O) groups is 1. The first-order valence-corrected chi connectivity index (χ1v) is 7.88.